The zero-order valence-corrected chi connectivity index (χ0v) is 12.3. The first-order valence-corrected chi connectivity index (χ1v) is 6.48. The highest BCUT2D eigenvalue weighted by atomic mass is 16.4. The molecule has 2 aromatic carbocycles. The number of aromatic carboxylic acids is 2. The van der Waals surface area contributed by atoms with E-state index in [1.807, 2.05) is 0 Å². The summed E-state index contributed by atoms with van der Waals surface area (Å²) in [5.41, 5.74) is 10.9. The molecule has 124 valence electrons. The Kier molecular flexibility index (Phi) is 6.19. The molecule has 2 amide bonds. The Morgan fingerprint density at radius 3 is 0.917 bits per heavy atom. The molecule has 0 aliphatic heterocycles. The second kappa shape index (κ2) is 8.08. The van der Waals surface area contributed by atoms with Crippen molar-refractivity contribution in [3.63, 3.8) is 0 Å². The van der Waals surface area contributed by atoms with Crippen LogP contribution in [0.2, 0.25) is 0 Å². The lowest BCUT2D eigenvalue weighted by Gasteiger charge is -1.96. The third kappa shape index (κ3) is 5.26. The first-order chi connectivity index (χ1) is 11.2. The van der Waals surface area contributed by atoms with Crippen LogP contribution in [0.3, 0.4) is 0 Å². The van der Waals surface area contributed by atoms with Crippen molar-refractivity contribution >= 4 is 23.8 Å². The van der Waals surface area contributed by atoms with Crippen LogP contribution in [0.1, 0.15) is 41.4 Å². The summed E-state index contributed by atoms with van der Waals surface area (Å²) in [6.07, 6.45) is 0. The van der Waals surface area contributed by atoms with Crippen molar-refractivity contribution in [1.29, 1.82) is 0 Å². The summed E-state index contributed by atoms with van der Waals surface area (Å²) in [4.78, 5) is 41.8. The van der Waals surface area contributed by atoms with Gasteiger partial charge in [-0.05, 0) is 48.5 Å². The van der Waals surface area contributed by atoms with E-state index in [1.54, 1.807) is 0 Å². The van der Waals surface area contributed by atoms with Crippen LogP contribution in [0.25, 0.3) is 0 Å². The second-order valence-corrected chi connectivity index (χ2v) is 4.49. The van der Waals surface area contributed by atoms with Gasteiger partial charge in [0, 0.05) is 11.1 Å². The van der Waals surface area contributed by atoms with Crippen molar-refractivity contribution in [3.05, 3.63) is 70.8 Å². The van der Waals surface area contributed by atoms with Gasteiger partial charge in [0.15, 0.2) is 0 Å². The summed E-state index contributed by atoms with van der Waals surface area (Å²) in [7, 11) is 0. The van der Waals surface area contributed by atoms with E-state index in [2.05, 4.69) is 0 Å². The number of primary amides is 2. The molecule has 8 nitrogen and oxygen atoms in total. The Bertz CT molecular complexity index is 633. The SMILES string of the molecule is NC(=O)c1ccc(C(N)=O)cc1.O=C(O)c1ccc(C(=O)O)cc1. The molecule has 0 radical (unpaired) electrons. The van der Waals surface area contributed by atoms with Crippen molar-refractivity contribution < 1.29 is 29.4 Å². The lowest BCUT2D eigenvalue weighted by atomic mass is 10.1. The quantitative estimate of drug-likeness (QED) is 0.653. The molecule has 8 heteroatoms. The normalized spacial score (nSPS) is 9.33. The monoisotopic (exact) mass is 330 g/mol. The molecule has 0 heterocycles. The fraction of sp³-hybridized carbons (Fsp3) is 0. The zero-order valence-electron chi connectivity index (χ0n) is 12.3. The van der Waals surface area contributed by atoms with E-state index in [4.69, 9.17) is 21.7 Å². The van der Waals surface area contributed by atoms with E-state index in [0.29, 0.717) is 11.1 Å². The Morgan fingerprint density at radius 2 is 0.750 bits per heavy atom. The molecule has 0 aromatic heterocycles. The molecule has 0 bridgehead atoms. The fourth-order valence-corrected chi connectivity index (χ4v) is 1.55. The summed E-state index contributed by atoms with van der Waals surface area (Å²) in [6, 6.07) is 10.9. The molecule has 0 unspecified atom stereocenters. The maximum atomic E-state index is 10.6. The number of carbonyl (C=O) groups excluding carboxylic acids is 2. The van der Waals surface area contributed by atoms with Crippen LogP contribution < -0.4 is 11.5 Å². The molecule has 24 heavy (non-hydrogen) atoms. The number of hydrogen-bond donors (Lipinski definition) is 4. The van der Waals surface area contributed by atoms with Crippen molar-refractivity contribution in [1.82, 2.24) is 0 Å². The van der Waals surface area contributed by atoms with Gasteiger partial charge in [-0.15, -0.1) is 0 Å². The zero-order chi connectivity index (χ0) is 18.3. The molecule has 2 rings (SSSR count). The molecule has 0 saturated heterocycles. The number of rotatable bonds is 4. The Labute approximate surface area is 136 Å². The number of benzene rings is 2. The van der Waals surface area contributed by atoms with Crippen molar-refractivity contribution in [3.8, 4) is 0 Å². The van der Waals surface area contributed by atoms with E-state index < -0.39 is 23.8 Å². The predicted molar refractivity (Wildman–Crippen MR) is 83.8 cm³/mol. The highest BCUT2D eigenvalue weighted by Gasteiger charge is 2.05. The van der Waals surface area contributed by atoms with E-state index >= 15 is 0 Å². The maximum absolute atomic E-state index is 10.6. The first kappa shape index (κ1) is 18.4. The summed E-state index contributed by atoms with van der Waals surface area (Å²) >= 11 is 0. The van der Waals surface area contributed by atoms with Crippen LogP contribution in [-0.2, 0) is 0 Å². The average Bonchev–Trinajstić information content (AvgIpc) is 2.55. The summed E-state index contributed by atoms with van der Waals surface area (Å²) in [6.45, 7) is 0. The molecule has 2 aromatic rings. The Hall–Kier alpha value is -3.68. The van der Waals surface area contributed by atoms with E-state index in [-0.39, 0.29) is 11.1 Å². The van der Waals surface area contributed by atoms with E-state index in [1.165, 1.54) is 48.5 Å². The largest absolute Gasteiger partial charge is 0.478 e. The first-order valence-electron chi connectivity index (χ1n) is 6.48. The minimum atomic E-state index is -1.06. The summed E-state index contributed by atoms with van der Waals surface area (Å²) in [5.74, 6) is -3.17. The Morgan fingerprint density at radius 1 is 0.542 bits per heavy atom. The third-order valence-electron chi connectivity index (χ3n) is 2.83. The van der Waals surface area contributed by atoms with Gasteiger partial charge in [0.05, 0.1) is 11.1 Å². The van der Waals surface area contributed by atoms with Crippen LogP contribution in [0, 0.1) is 0 Å². The average molecular weight is 330 g/mol. The predicted octanol–water partition coefficient (Wildman–Crippen LogP) is 0.967. The Balaban J connectivity index is 0.000000240. The van der Waals surface area contributed by atoms with E-state index in [0.717, 1.165) is 0 Å². The van der Waals surface area contributed by atoms with Gasteiger partial charge in [-0.25, -0.2) is 9.59 Å². The fourth-order valence-electron chi connectivity index (χ4n) is 1.55. The van der Waals surface area contributed by atoms with Gasteiger partial charge in [-0.2, -0.15) is 0 Å². The van der Waals surface area contributed by atoms with Gasteiger partial charge in [0.25, 0.3) is 0 Å². The van der Waals surface area contributed by atoms with Gasteiger partial charge in [-0.3, -0.25) is 9.59 Å². The number of carboxylic acid groups (broad SMARTS) is 2. The number of hydrogen-bond acceptors (Lipinski definition) is 4. The van der Waals surface area contributed by atoms with Crippen LogP contribution >= 0.6 is 0 Å². The van der Waals surface area contributed by atoms with Gasteiger partial charge < -0.3 is 21.7 Å². The highest BCUT2D eigenvalue weighted by Crippen LogP contribution is 2.04. The van der Waals surface area contributed by atoms with Crippen molar-refractivity contribution in [2.75, 3.05) is 0 Å². The molecule has 0 fully saturated rings. The van der Waals surface area contributed by atoms with E-state index in [9.17, 15) is 19.2 Å². The number of carboxylic acids is 2. The molecule has 0 atom stereocenters. The van der Waals surface area contributed by atoms with Crippen LogP contribution in [-0.4, -0.2) is 34.0 Å². The topological polar surface area (TPSA) is 161 Å². The molecule has 0 aliphatic carbocycles. The van der Waals surface area contributed by atoms with Crippen molar-refractivity contribution in [2.45, 2.75) is 0 Å². The molecular formula is C16H14N2O6. The van der Waals surface area contributed by atoms with Crippen LogP contribution in [0.4, 0.5) is 0 Å². The van der Waals surface area contributed by atoms with Gasteiger partial charge in [-0.1, -0.05) is 0 Å². The number of amides is 2. The smallest absolute Gasteiger partial charge is 0.335 e. The lowest BCUT2D eigenvalue weighted by molar-refractivity contribution is 0.0681. The van der Waals surface area contributed by atoms with Gasteiger partial charge in [0.2, 0.25) is 11.8 Å². The van der Waals surface area contributed by atoms with Gasteiger partial charge >= 0.3 is 11.9 Å². The maximum Gasteiger partial charge on any atom is 0.335 e. The molecule has 0 saturated carbocycles. The minimum Gasteiger partial charge on any atom is -0.478 e. The van der Waals surface area contributed by atoms with Crippen molar-refractivity contribution in [2.24, 2.45) is 11.5 Å². The lowest BCUT2D eigenvalue weighted by Crippen LogP contribution is -2.13. The molecular weight excluding hydrogens is 316 g/mol. The summed E-state index contributed by atoms with van der Waals surface area (Å²) in [5, 5.41) is 16.9. The highest BCUT2D eigenvalue weighted by molar-refractivity contribution is 5.96. The second-order valence-electron chi connectivity index (χ2n) is 4.49. The number of carbonyl (C=O) groups is 4. The third-order valence-corrected chi connectivity index (χ3v) is 2.83. The molecule has 0 spiro atoms. The number of nitrogens with two attached hydrogens (primary N) is 2. The summed E-state index contributed by atoms with van der Waals surface area (Å²) < 4.78 is 0. The standard InChI is InChI=1S/C8H8N2O2.C8H6O4/c9-7(11)5-1-2-6(4-3-5)8(10)12;9-7(10)5-1-2-6(4-3-5)8(11)12/h1-4H,(H2,9,11)(H2,10,12);1-4H,(H,9,10)(H,11,12). The van der Waals surface area contributed by atoms with Crippen LogP contribution in [0.15, 0.2) is 48.5 Å². The molecule has 6 N–H and O–H groups in total. The minimum absolute atomic E-state index is 0.0833. The van der Waals surface area contributed by atoms with Gasteiger partial charge in [0.1, 0.15) is 0 Å². The molecule has 0 aliphatic rings. The van der Waals surface area contributed by atoms with Crippen LogP contribution in [0.5, 0.6) is 0 Å².